The number of esters is 1. The van der Waals surface area contributed by atoms with Crippen LogP contribution < -0.4 is 10.6 Å². The van der Waals surface area contributed by atoms with E-state index in [9.17, 15) is 14.4 Å². The zero-order valence-corrected chi connectivity index (χ0v) is 16.7. The first-order chi connectivity index (χ1) is 13.5. The van der Waals surface area contributed by atoms with E-state index in [-0.39, 0.29) is 42.2 Å². The molecule has 1 aromatic heterocycles. The normalized spacial score (nSPS) is 21.8. The van der Waals surface area contributed by atoms with Gasteiger partial charge < -0.3 is 24.6 Å². The minimum atomic E-state index is -0.494. The summed E-state index contributed by atoms with van der Waals surface area (Å²) in [6.07, 6.45) is 2.86. The Bertz CT molecular complexity index is 674. The molecule has 1 aliphatic rings. The molecule has 0 unspecified atom stereocenters. The van der Waals surface area contributed by atoms with Gasteiger partial charge in [0, 0.05) is 18.6 Å². The number of methoxy groups -OCH3 is 1. The number of nitrogens with one attached hydrogen (secondary N) is 2. The van der Waals surface area contributed by atoms with Crippen LogP contribution in [-0.2, 0) is 25.5 Å². The summed E-state index contributed by atoms with van der Waals surface area (Å²) in [7, 11) is 1.27. The van der Waals surface area contributed by atoms with Gasteiger partial charge in [0.25, 0.3) is 5.91 Å². The molecule has 0 bridgehead atoms. The van der Waals surface area contributed by atoms with Gasteiger partial charge in [-0.15, -0.1) is 0 Å². The van der Waals surface area contributed by atoms with Gasteiger partial charge in [0.1, 0.15) is 6.54 Å². The Morgan fingerprint density at radius 2 is 2.07 bits per heavy atom. The highest BCUT2D eigenvalue weighted by Crippen LogP contribution is 2.27. The Kier molecular flexibility index (Phi) is 8.43. The molecule has 1 aliphatic carbocycles. The van der Waals surface area contributed by atoms with Crippen molar-refractivity contribution in [2.45, 2.75) is 58.1 Å². The van der Waals surface area contributed by atoms with Gasteiger partial charge in [-0.25, -0.2) is 0 Å². The molecular weight excluding hydrogens is 366 g/mol. The summed E-state index contributed by atoms with van der Waals surface area (Å²) < 4.78 is 15.5. The average molecular weight is 395 g/mol. The van der Waals surface area contributed by atoms with E-state index in [2.05, 4.69) is 20.5 Å². The summed E-state index contributed by atoms with van der Waals surface area (Å²) in [4.78, 5) is 36.0. The van der Waals surface area contributed by atoms with Crippen LogP contribution in [0.15, 0.2) is 10.6 Å². The second kappa shape index (κ2) is 10.8. The van der Waals surface area contributed by atoms with Crippen LogP contribution in [0.1, 0.15) is 55.8 Å². The first-order valence-corrected chi connectivity index (χ1v) is 9.71. The fourth-order valence-corrected chi connectivity index (χ4v) is 3.19. The molecule has 1 aromatic rings. The van der Waals surface area contributed by atoms with Gasteiger partial charge in [-0.1, -0.05) is 19.0 Å². The Hall–Kier alpha value is -2.42. The predicted molar refractivity (Wildman–Crippen MR) is 99.5 cm³/mol. The summed E-state index contributed by atoms with van der Waals surface area (Å²) in [5.74, 6) is -1.15. The maximum atomic E-state index is 12.5. The number of ether oxygens (including phenoxy) is 2. The molecule has 0 aliphatic heterocycles. The van der Waals surface area contributed by atoms with E-state index >= 15 is 0 Å². The Labute approximate surface area is 164 Å². The number of aryl methyl sites for hydroxylation is 1. The molecule has 1 fully saturated rings. The lowest BCUT2D eigenvalue weighted by Gasteiger charge is -2.35. The number of amides is 2. The van der Waals surface area contributed by atoms with Crippen molar-refractivity contribution in [3.05, 3.63) is 17.5 Å². The highest BCUT2D eigenvalue weighted by molar-refractivity contribution is 5.91. The highest BCUT2D eigenvalue weighted by atomic mass is 16.5. The fraction of sp³-hybridized carbons (Fsp3) is 0.684. The van der Waals surface area contributed by atoms with Crippen LogP contribution >= 0.6 is 0 Å². The Balaban J connectivity index is 1.96. The van der Waals surface area contributed by atoms with E-state index in [1.54, 1.807) is 6.07 Å². The third-order valence-electron chi connectivity index (χ3n) is 4.79. The van der Waals surface area contributed by atoms with Gasteiger partial charge in [-0.2, -0.15) is 0 Å². The zero-order valence-electron chi connectivity index (χ0n) is 16.7. The topological polar surface area (TPSA) is 120 Å². The molecular formula is C19H29N3O6. The number of carbonyl (C=O) groups excluding carboxylic acids is 3. The lowest BCUT2D eigenvalue weighted by molar-refractivity contribution is -0.142. The van der Waals surface area contributed by atoms with Gasteiger partial charge >= 0.3 is 5.97 Å². The van der Waals surface area contributed by atoms with Crippen molar-refractivity contribution in [2.75, 3.05) is 20.3 Å². The number of carbonyl (C=O) groups is 3. The standard InChI is InChI=1S/C19H29N3O6/c1-4-8-27-15-9-12(18(24)20-11-17(23)26-3)6-7-14(15)21-19(25)16-10-13(5-2)22-28-16/h10,12,14-15H,4-9,11H2,1-3H3,(H,20,24)(H,21,25)/t12-,14-,15-/m0/s1. The van der Waals surface area contributed by atoms with Crippen molar-refractivity contribution >= 4 is 17.8 Å². The van der Waals surface area contributed by atoms with Crippen LogP contribution in [0.5, 0.6) is 0 Å². The van der Waals surface area contributed by atoms with E-state index in [1.165, 1.54) is 7.11 Å². The number of hydrogen-bond acceptors (Lipinski definition) is 7. The van der Waals surface area contributed by atoms with Crippen molar-refractivity contribution in [2.24, 2.45) is 5.92 Å². The quantitative estimate of drug-likeness (QED) is 0.603. The number of rotatable bonds is 9. The van der Waals surface area contributed by atoms with E-state index in [0.29, 0.717) is 32.3 Å². The summed E-state index contributed by atoms with van der Waals surface area (Å²) in [5.41, 5.74) is 0.718. The van der Waals surface area contributed by atoms with E-state index in [1.807, 2.05) is 13.8 Å². The third-order valence-corrected chi connectivity index (χ3v) is 4.79. The maximum Gasteiger partial charge on any atom is 0.325 e. The molecule has 1 heterocycles. The smallest absolute Gasteiger partial charge is 0.325 e. The highest BCUT2D eigenvalue weighted by Gasteiger charge is 2.36. The molecule has 9 heteroatoms. The summed E-state index contributed by atoms with van der Waals surface area (Å²) in [5, 5.41) is 9.37. The van der Waals surface area contributed by atoms with Gasteiger partial charge in [-0.3, -0.25) is 14.4 Å². The fourth-order valence-electron chi connectivity index (χ4n) is 3.19. The molecule has 2 N–H and O–H groups in total. The molecule has 0 saturated heterocycles. The summed E-state index contributed by atoms with van der Waals surface area (Å²) in [6, 6.07) is 1.40. The molecule has 0 radical (unpaired) electrons. The Morgan fingerprint density at radius 1 is 1.29 bits per heavy atom. The lowest BCUT2D eigenvalue weighted by atomic mass is 9.83. The SMILES string of the molecule is CCCO[C@H]1C[C@@H](C(=O)NCC(=O)OC)CC[C@@H]1NC(=O)c1cc(CC)no1. The first kappa shape index (κ1) is 21.9. The van der Waals surface area contributed by atoms with Gasteiger partial charge in [0.2, 0.25) is 11.7 Å². The number of nitrogens with zero attached hydrogens (tertiary/aromatic N) is 1. The van der Waals surface area contributed by atoms with Crippen LogP contribution in [0.3, 0.4) is 0 Å². The van der Waals surface area contributed by atoms with Crippen LogP contribution in [0.25, 0.3) is 0 Å². The molecule has 0 aromatic carbocycles. The molecule has 1 saturated carbocycles. The average Bonchev–Trinajstić information content (AvgIpc) is 3.20. The van der Waals surface area contributed by atoms with Crippen LogP contribution in [0.2, 0.25) is 0 Å². The molecule has 156 valence electrons. The van der Waals surface area contributed by atoms with Gasteiger partial charge in [-0.05, 0) is 32.1 Å². The number of hydrogen-bond donors (Lipinski definition) is 2. The van der Waals surface area contributed by atoms with E-state index < -0.39 is 5.97 Å². The second-order valence-electron chi connectivity index (χ2n) is 6.83. The van der Waals surface area contributed by atoms with Crippen LogP contribution in [-0.4, -0.2) is 55.3 Å². The van der Waals surface area contributed by atoms with Crippen LogP contribution in [0.4, 0.5) is 0 Å². The van der Waals surface area contributed by atoms with Crippen molar-refractivity contribution in [1.82, 2.24) is 15.8 Å². The zero-order chi connectivity index (χ0) is 20.5. The molecule has 9 nitrogen and oxygen atoms in total. The molecule has 2 rings (SSSR count). The predicted octanol–water partition coefficient (Wildman–Crippen LogP) is 1.22. The van der Waals surface area contributed by atoms with E-state index in [4.69, 9.17) is 9.26 Å². The minimum Gasteiger partial charge on any atom is -0.468 e. The van der Waals surface area contributed by atoms with Crippen molar-refractivity contribution < 1.29 is 28.4 Å². The number of aromatic nitrogens is 1. The Morgan fingerprint density at radius 3 is 2.71 bits per heavy atom. The van der Waals surface area contributed by atoms with Crippen molar-refractivity contribution in [3.8, 4) is 0 Å². The van der Waals surface area contributed by atoms with Crippen molar-refractivity contribution in [3.63, 3.8) is 0 Å². The summed E-state index contributed by atoms with van der Waals surface area (Å²) >= 11 is 0. The summed E-state index contributed by atoms with van der Waals surface area (Å²) in [6.45, 7) is 4.31. The largest absolute Gasteiger partial charge is 0.468 e. The van der Waals surface area contributed by atoms with Gasteiger partial charge in [0.05, 0.1) is 24.9 Å². The monoisotopic (exact) mass is 395 g/mol. The molecule has 0 spiro atoms. The van der Waals surface area contributed by atoms with Crippen LogP contribution in [0, 0.1) is 5.92 Å². The first-order valence-electron chi connectivity index (χ1n) is 9.71. The van der Waals surface area contributed by atoms with Gasteiger partial charge in [0.15, 0.2) is 0 Å². The molecule has 3 atom stereocenters. The van der Waals surface area contributed by atoms with Crippen molar-refractivity contribution in [1.29, 1.82) is 0 Å². The lowest BCUT2D eigenvalue weighted by Crippen LogP contribution is -2.50. The molecule has 2 amide bonds. The van der Waals surface area contributed by atoms with E-state index in [0.717, 1.165) is 12.1 Å². The molecule has 28 heavy (non-hydrogen) atoms. The minimum absolute atomic E-state index is 0.155. The maximum absolute atomic E-state index is 12.5. The third kappa shape index (κ3) is 6.05. The second-order valence-corrected chi connectivity index (χ2v) is 6.83.